The van der Waals surface area contributed by atoms with Crippen molar-refractivity contribution in [2.24, 2.45) is 11.8 Å². The molecule has 0 aromatic carbocycles. The number of aliphatic hydroxyl groups is 1. The molecule has 20 heavy (non-hydrogen) atoms. The summed E-state index contributed by atoms with van der Waals surface area (Å²) in [4.78, 5) is 11.8. The largest absolute Gasteiger partial charge is 0.396 e. The van der Waals surface area contributed by atoms with Crippen LogP contribution in [0.25, 0.3) is 0 Å². The Kier molecular flexibility index (Phi) is 4.79. The van der Waals surface area contributed by atoms with E-state index >= 15 is 0 Å². The van der Waals surface area contributed by atoms with Crippen molar-refractivity contribution in [3.63, 3.8) is 0 Å². The summed E-state index contributed by atoms with van der Waals surface area (Å²) in [6, 6.07) is -0.264. The molecule has 1 aromatic heterocycles. The fraction of sp³-hybridized carbons (Fsp3) is 0.571. The van der Waals surface area contributed by atoms with Crippen LogP contribution in [0.2, 0.25) is 0 Å². The Labute approximate surface area is 118 Å². The molecular weight excluding hydrogens is 256 g/mol. The fourth-order valence-electron chi connectivity index (χ4n) is 2.25. The summed E-state index contributed by atoms with van der Waals surface area (Å²) in [7, 11) is 0. The van der Waals surface area contributed by atoms with E-state index in [0.717, 1.165) is 13.0 Å². The first-order valence-electron chi connectivity index (χ1n) is 6.96. The number of rotatable bonds is 5. The molecule has 0 fully saturated rings. The second kappa shape index (κ2) is 6.56. The summed E-state index contributed by atoms with van der Waals surface area (Å²) in [5.74, 6) is 0.657. The third-order valence-electron chi connectivity index (χ3n) is 3.17. The molecule has 1 aliphatic rings. The van der Waals surface area contributed by atoms with Crippen LogP contribution in [0.1, 0.15) is 20.3 Å². The maximum absolute atomic E-state index is 11.8. The molecule has 1 heterocycles. The molecule has 6 heteroatoms. The first-order valence-corrected chi connectivity index (χ1v) is 6.96. The molecule has 0 radical (unpaired) electrons. The average molecular weight is 278 g/mol. The number of amides is 2. The van der Waals surface area contributed by atoms with E-state index in [2.05, 4.69) is 29.6 Å². The lowest BCUT2D eigenvalue weighted by Gasteiger charge is -2.12. The lowest BCUT2D eigenvalue weighted by Crippen LogP contribution is -2.36. The van der Waals surface area contributed by atoms with Crippen molar-refractivity contribution < 1.29 is 9.90 Å². The molecule has 0 bridgehead atoms. The van der Waals surface area contributed by atoms with Gasteiger partial charge < -0.3 is 15.7 Å². The number of nitrogens with zero attached hydrogens (tertiary/aromatic N) is 2. The highest BCUT2D eigenvalue weighted by Gasteiger charge is 2.19. The predicted octanol–water partition coefficient (Wildman–Crippen LogP) is 1.60. The molecular formula is C14H22N4O2. The first kappa shape index (κ1) is 14.6. The molecule has 6 nitrogen and oxygen atoms in total. The topological polar surface area (TPSA) is 79.2 Å². The van der Waals surface area contributed by atoms with Gasteiger partial charge in [-0.2, -0.15) is 5.10 Å². The Morgan fingerprint density at radius 3 is 3.00 bits per heavy atom. The van der Waals surface area contributed by atoms with Crippen LogP contribution in [0.3, 0.4) is 0 Å². The van der Waals surface area contributed by atoms with Gasteiger partial charge >= 0.3 is 6.03 Å². The monoisotopic (exact) mass is 278 g/mol. The number of nitrogens with one attached hydrogen (secondary N) is 2. The van der Waals surface area contributed by atoms with Crippen molar-refractivity contribution in [1.29, 1.82) is 0 Å². The number of aliphatic hydroxyl groups excluding tert-OH is 1. The number of carbonyl (C=O) groups is 1. The van der Waals surface area contributed by atoms with E-state index in [4.69, 9.17) is 5.11 Å². The summed E-state index contributed by atoms with van der Waals surface area (Å²) in [6.07, 6.45) is 8.06. The van der Waals surface area contributed by atoms with E-state index in [1.165, 1.54) is 0 Å². The van der Waals surface area contributed by atoms with Crippen molar-refractivity contribution >= 4 is 11.7 Å². The van der Waals surface area contributed by atoms with Gasteiger partial charge in [0.15, 0.2) is 0 Å². The Hall–Kier alpha value is -1.82. The van der Waals surface area contributed by atoms with E-state index in [1.807, 2.05) is 23.0 Å². The van der Waals surface area contributed by atoms with E-state index in [0.29, 0.717) is 11.6 Å². The third-order valence-corrected chi connectivity index (χ3v) is 3.17. The number of aromatic nitrogens is 2. The van der Waals surface area contributed by atoms with E-state index in [1.54, 1.807) is 6.20 Å². The highest BCUT2D eigenvalue weighted by molar-refractivity contribution is 5.89. The second-order valence-electron chi connectivity index (χ2n) is 5.61. The lowest BCUT2D eigenvalue weighted by atomic mass is 10.1. The maximum Gasteiger partial charge on any atom is 0.319 e. The van der Waals surface area contributed by atoms with Crippen LogP contribution in [0.15, 0.2) is 24.5 Å². The molecule has 1 aromatic rings. The molecule has 110 valence electrons. The van der Waals surface area contributed by atoms with Crippen molar-refractivity contribution in [2.75, 3.05) is 11.9 Å². The molecule has 0 spiro atoms. The zero-order valence-electron chi connectivity index (χ0n) is 11.9. The smallest absolute Gasteiger partial charge is 0.319 e. The van der Waals surface area contributed by atoms with Crippen molar-refractivity contribution in [1.82, 2.24) is 15.1 Å². The minimum atomic E-state index is -0.248. The van der Waals surface area contributed by atoms with Gasteiger partial charge in [0.25, 0.3) is 0 Å². The van der Waals surface area contributed by atoms with Crippen LogP contribution in [0, 0.1) is 11.8 Å². The quantitative estimate of drug-likeness (QED) is 0.716. The molecule has 3 N–H and O–H groups in total. The standard InChI is InChI=1S/C14H22N4O2/c1-10(2)7-18-8-13(6-15-18)17-14(20)16-12-4-3-11(5-12)9-19/h3-4,6,8,10-12,19H,5,7,9H2,1-2H3,(H2,16,17,20)/t11-,12+/m0/s1. The fourth-order valence-corrected chi connectivity index (χ4v) is 2.25. The van der Waals surface area contributed by atoms with Crippen molar-refractivity contribution in [3.05, 3.63) is 24.5 Å². The normalized spacial score (nSPS) is 21.4. The average Bonchev–Trinajstić information content (AvgIpc) is 2.98. The van der Waals surface area contributed by atoms with Gasteiger partial charge in [0.05, 0.1) is 11.9 Å². The zero-order valence-corrected chi connectivity index (χ0v) is 11.9. The Morgan fingerprint density at radius 1 is 1.55 bits per heavy atom. The maximum atomic E-state index is 11.8. The zero-order chi connectivity index (χ0) is 14.5. The van der Waals surface area contributed by atoms with Crippen LogP contribution in [-0.4, -0.2) is 33.6 Å². The Bertz CT molecular complexity index is 481. The van der Waals surface area contributed by atoms with Crippen LogP contribution in [0.5, 0.6) is 0 Å². The van der Waals surface area contributed by atoms with Crippen molar-refractivity contribution in [2.45, 2.75) is 32.9 Å². The molecule has 0 saturated carbocycles. The van der Waals surface area contributed by atoms with Gasteiger partial charge in [-0.05, 0) is 12.3 Å². The van der Waals surface area contributed by atoms with Crippen LogP contribution in [0.4, 0.5) is 10.5 Å². The van der Waals surface area contributed by atoms with Gasteiger partial charge in [-0.15, -0.1) is 0 Å². The second-order valence-corrected chi connectivity index (χ2v) is 5.61. The van der Waals surface area contributed by atoms with Gasteiger partial charge in [-0.3, -0.25) is 4.68 Å². The molecule has 2 atom stereocenters. The summed E-state index contributed by atoms with van der Waals surface area (Å²) in [6.45, 7) is 5.18. The summed E-state index contributed by atoms with van der Waals surface area (Å²) >= 11 is 0. The van der Waals surface area contributed by atoms with Crippen LogP contribution in [-0.2, 0) is 6.54 Å². The number of carbonyl (C=O) groups excluding carboxylic acids is 1. The molecule has 2 amide bonds. The Morgan fingerprint density at radius 2 is 2.35 bits per heavy atom. The highest BCUT2D eigenvalue weighted by Crippen LogP contribution is 2.17. The lowest BCUT2D eigenvalue weighted by molar-refractivity contribution is 0.238. The minimum absolute atomic E-state index is 0.0159. The summed E-state index contributed by atoms with van der Waals surface area (Å²) < 4.78 is 1.82. The third kappa shape index (κ3) is 4.09. The molecule has 0 saturated heterocycles. The SMILES string of the molecule is CC(C)Cn1cc(NC(=O)N[C@@H]2C=C[C@H](CO)C2)cn1. The molecule has 0 aliphatic heterocycles. The van der Waals surface area contributed by atoms with Gasteiger partial charge in [0, 0.05) is 31.3 Å². The Balaban J connectivity index is 1.80. The number of anilines is 1. The minimum Gasteiger partial charge on any atom is -0.396 e. The molecule has 1 aliphatic carbocycles. The number of hydrogen-bond acceptors (Lipinski definition) is 3. The first-order chi connectivity index (χ1) is 9.56. The predicted molar refractivity (Wildman–Crippen MR) is 77.3 cm³/mol. The van der Waals surface area contributed by atoms with E-state index in [9.17, 15) is 4.79 Å². The van der Waals surface area contributed by atoms with Gasteiger partial charge in [-0.1, -0.05) is 26.0 Å². The van der Waals surface area contributed by atoms with Gasteiger partial charge in [0.2, 0.25) is 0 Å². The summed E-state index contributed by atoms with van der Waals surface area (Å²) in [5, 5.41) is 18.9. The number of hydrogen-bond donors (Lipinski definition) is 3. The molecule has 2 rings (SSSR count). The van der Waals surface area contributed by atoms with E-state index in [-0.39, 0.29) is 24.6 Å². The van der Waals surface area contributed by atoms with Gasteiger partial charge in [-0.25, -0.2) is 4.79 Å². The van der Waals surface area contributed by atoms with Crippen LogP contribution < -0.4 is 10.6 Å². The molecule has 0 unspecified atom stereocenters. The van der Waals surface area contributed by atoms with E-state index < -0.39 is 0 Å². The van der Waals surface area contributed by atoms with Crippen LogP contribution >= 0.6 is 0 Å². The van der Waals surface area contributed by atoms with Gasteiger partial charge in [0.1, 0.15) is 0 Å². The number of urea groups is 1. The summed E-state index contributed by atoms with van der Waals surface area (Å²) in [5.41, 5.74) is 0.684. The van der Waals surface area contributed by atoms with Crippen molar-refractivity contribution in [3.8, 4) is 0 Å². The highest BCUT2D eigenvalue weighted by atomic mass is 16.3.